The number of rotatable bonds is 9. The molecule has 0 N–H and O–H groups in total. The van der Waals surface area contributed by atoms with E-state index in [1.165, 1.54) is 24.0 Å². The minimum absolute atomic E-state index is 0.147. The molecule has 0 aromatic heterocycles. The fourth-order valence-electron chi connectivity index (χ4n) is 2.21. The van der Waals surface area contributed by atoms with E-state index in [0.717, 1.165) is 13.0 Å². The zero-order chi connectivity index (χ0) is 16.4. The number of carbonyl (C=O) groups excluding carboxylic acids is 1. The molecule has 0 heterocycles. The van der Waals surface area contributed by atoms with Crippen LogP contribution in [0.1, 0.15) is 64.5 Å². The van der Waals surface area contributed by atoms with Crippen molar-refractivity contribution in [2.24, 2.45) is 0 Å². The van der Waals surface area contributed by atoms with Crippen molar-refractivity contribution in [3.63, 3.8) is 0 Å². The van der Waals surface area contributed by atoms with E-state index in [0.29, 0.717) is 19.4 Å². The van der Waals surface area contributed by atoms with Gasteiger partial charge in [-0.1, -0.05) is 44.0 Å². The summed E-state index contributed by atoms with van der Waals surface area (Å²) in [5.41, 5.74) is 1.92. The monoisotopic (exact) mass is 306 g/mol. The Morgan fingerprint density at radius 2 is 1.77 bits per heavy atom. The lowest BCUT2D eigenvalue weighted by atomic mass is 10.0. The van der Waals surface area contributed by atoms with Crippen LogP contribution in [-0.2, 0) is 27.3 Å². The van der Waals surface area contributed by atoms with Crippen molar-refractivity contribution < 1.29 is 14.3 Å². The topological polar surface area (TPSA) is 35.5 Å². The summed E-state index contributed by atoms with van der Waals surface area (Å²) in [4.78, 5) is 11.8. The third-order valence-electron chi connectivity index (χ3n) is 3.29. The summed E-state index contributed by atoms with van der Waals surface area (Å²) in [6, 6.07) is 8.16. The van der Waals surface area contributed by atoms with Gasteiger partial charge in [0, 0.05) is 13.0 Å². The van der Waals surface area contributed by atoms with Crippen LogP contribution in [0, 0.1) is 0 Å². The van der Waals surface area contributed by atoms with Gasteiger partial charge in [-0.25, -0.2) is 0 Å². The molecule has 0 spiro atoms. The molecule has 1 aromatic rings. The van der Waals surface area contributed by atoms with E-state index in [4.69, 9.17) is 9.47 Å². The average molecular weight is 306 g/mol. The predicted molar refractivity (Wildman–Crippen MR) is 89.8 cm³/mol. The van der Waals surface area contributed by atoms with E-state index in [-0.39, 0.29) is 5.97 Å². The smallest absolute Gasteiger partial charge is 0.306 e. The van der Waals surface area contributed by atoms with Crippen LogP contribution in [0.25, 0.3) is 0 Å². The van der Waals surface area contributed by atoms with Crippen molar-refractivity contribution in [1.82, 2.24) is 0 Å². The fourth-order valence-corrected chi connectivity index (χ4v) is 2.21. The highest BCUT2D eigenvalue weighted by atomic mass is 16.6. The molecular weight excluding hydrogens is 276 g/mol. The summed E-state index contributed by atoms with van der Waals surface area (Å²) in [5, 5.41) is 0. The summed E-state index contributed by atoms with van der Waals surface area (Å²) in [6.07, 6.45) is 4.63. The van der Waals surface area contributed by atoms with Gasteiger partial charge in [-0.05, 0) is 44.7 Å². The van der Waals surface area contributed by atoms with Gasteiger partial charge in [-0.3, -0.25) is 4.79 Å². The van der Waals surface area contributed by atoms with Gasteiger partial charge >= 0.3 is 5.97 Å². The second-order valence-electron chi connectivity index (χ2n) is 6.61. The van der Waals surface area contributed by atoms with Gasteiger partial charge in [0.2, 0.25) is 0 Å². The normalized spacial score (nSPS) is 11.5. The van der Waals surface area contributed by atoms with Crippen LogP contribution in [0.15, 0.2) is 24.3 Å². The molecule has 1 aromatic carbocycles. The number of hydrogen-bond acceptors (Lipinski definition) is 3. The Kier molecular flexibility index (Phi) is 8.18. The number of carbonyl (C=O) groups is 1. The Morgan fingerprint density at radius 1 is 1.09 bits per heavy atom. The summed E-state index contributed by atoms with van der Waals surface area (Å²) in [6.45, 7) is 9.28. The Hall–Kier alpha value is -1.35. The molecule has 0 aliphatic rings. The molecule has 22 heavy (non-hydrogen) atoms. The molecule has 0 saturated heterocycles. The van der Waals surface area contributed by atoms with Crippen molar-refractivity contribution in [3.05, 3.63) is 35.4 Å². The maximum absolute atomic E-state index is 11.8. The van der Waals surface area contributed by atoms with Crippen molar-refractivity contribution in [3.8, 4) is 0 Å². The largest absolute Gasteiger partial charge is 0.460 e. The highest BCUT2D eigenvalue weighted by Crippen LogP contribution is 2.15. The molecule has 0 atom stereocenters. The molecule has 1 rings (SSSR count). The van der Waals surface area contributed by atoms with Gasteiger partial charge in [0.1, 0.15) is 5.60 Å². The lowest BCUT2D eigenvalue weighted by Gasteiger charge is -2.19. The van der Waals surface area contributed by atoms with Crippen LogP contribution >= 0.6 is 0 Å². The Bertz CT molecular complexity index is 446. The van der Waals surface area contributed by atoms with Crippen LogP contribution in [0.3, 0.4) is 0 Å². The second-order valence-corrected chi connectivity index (χ2v) is 6.61. The highest BCUT2D eigenvalue weighted by Gasteiger charge is 2.16. The molecule has 3 heteroatoms. The fraction of sp³-hybridized carbons (Fsp3) is 0.632. The van der Waals surface area contributed by atoms with Crippen molar-refractivity contribution >= 4 is 5.97 Å². The molecule has 0 unspecified atom stereocenters. The molecule has 0 radical (unpaired) electrons. The Balaban J connectivity index is 2.44. The van der Waals surface area contributed by atoms with Gasteiger partial charge in [-0.2, -0.15) is 0 Å². The first-order valence-electron chi connectivity index (χ1n) is 8.28. The van der Waals surface area contributed by atoms with Crippen LogP contribution < -0.4 is 0 Å². The maximum atomic E-state index is 11.8. The standard InChI is InChI=1S/C19H30O3/c1-5-6-9-14-21-15-17-11-8-7-10-16(17)12-13-18(20)22-19(2,3)4/h7-8,10-11H,5-6,9,12-15H2,1-4H3. The Labute approximate surface area is 135 Å². The number of aryl methyl sites for hydroxylation is 1. The zero-order valence-electron chi connectivity index (χ0n) is 14.5. The molecule has 0 aliphatic heterocycles. The highest BCUT2D eigenvalue weighted by molar-refractivity contribution is 5.70. The third kappa shape index (κ3) is 8.18. The van der Waals surface area contributed by atoms with E-state index in [1.54, 1.807) is 0 Å². The zero-order valence-corrected chi connectivity index (χ0v) is 14.5. The molecule has 0 saturated carbocycles. The van der Waals surface area contributed by atoms with Crippen molar-refractivity contribution in [2.45, 2.75) is 72.0 Å². The summed E-state index contributed by atoms with van der Waals surface area (Å²) < 4.78 is 11.1. The molecule has 124 valence electrons. The number of hydrogen-bond donors (Lipinski definition) is 0. The van der Waals surface area contributed by atoms with Gasteiger partial charge in [0.25, 0.3) is 0 Å². The van der Waals surface area contributed by atoms with Gasteiger partial charge < -0.3 is 9.47 Å². The maximum Gasteiger partial charge on any atom is 0.306 e. The number of benzene rings is 1. The van der Waals surface area contributed by atoms with Crippen LogP contribution in [0.4, 0.5) is 0 Å². The summed E-state index contributed by atoms with van der Waals surface area (Å²) in [7, 11) is 0. The van der Waals surface area contributed by atoms with Crippen molar-refractivity contribution in [1.29, 1.82) is 0 Å². The van der Waals surface area contributed by atoms with Gasteiger partial charge in [0.05, 0.1) is 6.61 Å². The average Bonchev–Trinajstić information content (AvgIpc) is 2.44. The lowest BCUT2D eigenvalue weighted by molar-refractivity contribution is -0.154. The quantitative estimate of drug-likeness (QED) is 0.491. The first-order chi connectivity index (χ1) is 10.4. The first kappa shape index (κ1) is 18.7. The van der Waals surface area contributed by atoms with Crippen LogP contribution in [0.5, 0.6) is 0 Å². The van der Waals surface area contributed by atoms with E-state index in [9.17, 15) is 4.79 Å². The van der Waals surface area contributed by atoms with Gasteiger partial charge in [0.15, 0.2) is 0 Å². The molecule has 0 aliphatic carbocycles. The van der Waals surface area contributed by atoms with E-state index < -0.39 is 5.60 Å². The second kappa shape index (κ2) is 9.62. The minimum Gasteiger partial charge on any atom is -0.460 e. The number of ether oxygens (including phenoxy) is 2. The van der Waals surface area contributed by atoms with E-state index in [2.05, 4.69) is 19.1 Å². The minimum atomic E-state index is -0.418. The number of unbranched alkanes of at least 4 members (excludes halogenated alkanes) is 2. The summed E-state index contributed by atoms with van der Waals surface area (Å²) >= 11 is 0. The SMILES string of the molecule is CCCCCOCc1ccccc1CCC(=O)OC(C)(C)C. The predicted octanol–water partition coefficient (Wildman–Crippen LogP) is 4.67. The molecular formula is C19H30O3. The van der Waals surface area contributed by atoms with Crippen LogP contribution in [-0.4, -0.2) is 18.2 Å². The molecule has 0 amide bonds. The third-order valence-corrected chi connectivity index (χ3v) is 3.29. The molecule has 3 nitrogen and oxygen atoms in total. The molecule has 0 fully saturated rings. The lowest BCUT2D eigenvalue weighted by Crippen LogP contribution is -2.24. The van der Waals surface area contributed by atoms with E-state index >= 15 is 0 Å². The van der Waals surface area contributed by atoms with Crippen LogP contribution in [0.2, 0.25) is 0 Å². The van der Waals surface area contributed by atoms with Crippen molar-refractivity contribution in [2.75, 3.05) is 6.61 Å². The Morgan fingerprint density at radius 3 is 2.41 bits per heavy atom. The summed E-state index contributed by atoms with van der Waals surface area (Å²) in [5.74, 6) is -0.147. The first-order valence-corrected chi connectivity index (χ1v) is 8.28. The van der Waals surface area contributed by atoms with E-state index in [1.807, 2.05) is 32.9 Å². The van der Waals surface area contributed by atoms with Gasteiger partial charge in [-0.15, -0.1) is 0 Å². The number of esters is 1. The molecule has 0 bridgehead atoms.